The van der Waals surface area contributed by atoms with Gasteiger partial charge >= 0.3 is 0 Å². The zero-order valence-corrected chi connectivity index (χ0v) is 9.88. The van der Waals surface area contributed by atoms with E-state index < -0.39 is 0 Å². The van der Waals surface area contributed by atoms with Gasteiger partial charge in [0.05, 0.1) is 0 Å². The van der Waals surface area contributed by atoms with Gasteiger partial charge in [-0.25, -0.2) is 0 Å². The molecule has 17 heavy (non-hydrogen) atoms. The fraction of sp³-hybridized carbons (Fsp3) is 0.400. The monoisotopic (exact) mass is 233 g/mol. The molecule has 0 radical (unpaired) electrons. The molecule has 0 aliphatic rings. The SMILES string of the molecule is CN=C(NC#N)NCCN(C)c1cccnn1. The van der Waals surface area contributed by atoms with Crippen molar-refractivity contribution >= 4 is 11.8 Å². The number of nitrogens with one attached hydrogen (secondary N) is 2. The first-order valence-electron chi connectivity index (χ1n) is 5.12. The molecule has 0 unspecified atom stereocenters. The summed E-state index contributed by atoms with van der Waals surface area (Å²) in [4.78, 5) is 5.83. The fourth-order valence-corrected chi connectivity index (χ4v) is 1.19. The average Bonchev–Trinajstić information content (AvgIpc) is 2.38. The predicted octanol–water partition coefficient (Wildman–Crippen LogP) is -0.441. The Morgan fingerprint density at radius 3 is 3.06 bits per heavy atom. The number of nitrogens with zero attached hydrogens (tertiary/aromatic N) is 5. The van der Waals surface area contributed by atoms with E-state index >= 15 is 0 Å². The van der Waals surface area contributed by atoms with Crippen molar-refractivity contribution in [3.63, 3.8) is 0 Å². The molecule has 0 spiro atoms. The van der Waals surface area contributed by atoms with E-state index in [0.717, 1.165) is 12.4 Å². The van der Waals surface area contributed by atoms with E-state index in [4.69, 9.17) is 5.26 Å². The summed E-state index contributed by atoms with van der Waals surface area (Å²) in [6, 6.07) is 3.72. The van der Waals surface area contributed by atoms with Crippen LogP contribution in [0.1, 0.15) is 0 Å². The lowest BCUT2D eigenvalue weighted by molar-refractivity contribution is 0.790. The maximum atomic E-state index is 8.44. The Morgan fingerprint density at radius 2 is 2.47 bits per heavy atom. The van der Waals surface area contributed by atoms with Crippen molar-refractivity contribution in [2.24, 2.45) is 4.99 Å². The van der Waals surface area contributed by atoms with Crippen LogP contribution in [0.5, 0.6) is 0 Å². The summed E-state index contributed by atoms with van der Waals surface area (Å²) < 4.78 is 0. The van der Waals surface area contributed by atoms with Gasteiger partial charge in [0.2, 0.25) is 5.96 Å². The fourth-order valence-electron chi connectivity index (χ4n) is 1.19. The van der Waals surface area contributed by atoms with Crippen LogP contribution in [0.4, 0.5) is 5.82 Å². The van der Waals surface area contributed by atoms with Gasteiger partial charge in [-0.2, -0.15) is 10.4 Å². The topological polar surface area (TPSA) is 89.2 Å². The van der Waals surface area contributed by atoms with Crippen molar-refractivity contribution in [3.8, 4) is 6.19 Å². The summed E-state index contributed by atoms with van der Waals surface area (Å²) in [5.74, 6) is 1.26. The molecule has 1 rings (SSSR count). The van der Waals surface area contributed by atoms with Crippen molar-refractivity contribution < 1.29 is 0 Å². The van der Waals surface area contributed by atoms with Gasteiger partial charge in [0.25, 0.3) is 0 Å². The molecule has 7 nitrogen and oxygen atoms in total. The van der Waals surface area contributed by atoms with Gasteiger partial charge in [0.15, 0.2) is 12.0 Å². The molecule has 0 atom stereocenters. The Bertz CT molecular complexity index is 395. The molecule has 1 aromatic heterocycles. The van der Waals surface area contributed by atoms with Gasteiger partial charge in [-0.15, -0.1) is 5.10 Å². The Hall–Kier alpha value is -2.36. The van der Waals surface area contributed by atoms with Crippen molar-refractivity contribution in [2.45, 2.75) is 0 Å². The van der Waals surface area contributed by atoms with Crippen LogP contribution in [-0.2, 0) is 0 Å². The van der Waals surface area contributed by atoms with Gasteiger partial charge in [-0.05, 0) is 12.1 Å². The molecule has 2 N–H and O–H groups in total. The van der Waals surface area contributed by atoms with Crippen molar-refractivity contribution in [1.29, 1.82) is 5.26 Å². The van der Waals surface area contributed by atoms with Crippen LogP contribution in [0.25, 0.3) is 0 Å². The number of anilines is 1. The number of rotatable bonds is 4. The highest BCUT2D eigenvalue weighted by Gasteiger charge is 2.02. The lowest BCUT2D eigenvalue weighted by Gasteiger charge is -2.17. The summed E-state index contributed by atoms with van der Waals surface area (Å²) >= 11 is 0. The molecule has 0 saturated heterocycles. The van der Waals surface area contributed by atoms with Gasteiger partial charge in [-0.1, -0.05) is 0 Å². The van der Waals surface area contributed by atoms with E-state index in [1.165, 1.54) is 0 Å². The quantitative estimate of drug-likeness (QED) is 0.317. The second-order valence-corrected chi connectivity index (χ2v) is 3.24. The van der Waals surface area contributed by atoms with Crippen LogP contribution < -0.4 is 15.5 Å². The second-order valence-electron chi connectivity index (χ2n) is 3.24. The average molecular weight is 233 g/mol. The zero-order chi connectivity index (χ0) is 12.5. The summed E-state index contributed by atoms with van der Waals surface area (Å²) in [6.07, 6.45) is 3.44. The first-order valence-corrected chi connectivity index (χ1v) is 5.12. The Balaban J connectivity index is 2.35. The highest BCUT2D eigenvalue weighted by Crippen LogP contribution is 2.03. The minimum absolute atomic E-state index is 0.458. The minimum Gasteiger partial charge on any atom is -0.356 e. The number of hydrogen-bond acceptors (Lipinski definition) is 5. The minimum atomic E-state index is 0.458. The van der Waals surface area contributed by atoms with Gasteiger partial charge in [-0.3, -0.25) is 10.3 Å². The molecule has 0 bridgehead atoms. The summed E-state index contributed by atoms with van der Waals surface area (Å²) in [6.45, 7) is 1.37. The summed E-state index contributed by atoms with van der Waals surface area (Å²) in [5.41, 5.74) is 0. The van der Waals surface area contributed by atoms with E-state index in [9.17, 15) is 0 Å². The Labute approximate surface area is 100 Å². The number of aromatic nitrogens is 2. The van der Waals surface area contributed by atoms with E-state index in [2.05, 4.69) is 25.8 Å². The lowest BCUT2D eigenvalue weighted by Crippen LogP contribution is -2.39. The molecule has 1 heterocycles. The van der Waals surface area contributed by atoms with Crippen LogP contribution in [0.3, 0.4) is 0 Å². The first kappa shape index (κ1) is 12.7. The number of nitriles is 1. The van der Waals surface area contributed by atoms with Crippen LogP contribution in [0.15, 0.2) is 23.3 Å². The van der Waals surface area contributed by atoms with E-state index in [1.807, 2.05) is 30.3 Å². The van der Waals surface area contributed by atoms with Gasteiger partial charge < -0.3 is 10.2 Å². The Kier molecular flexibility index (Phi) is 5.24. The lowest BCUT2D eigenvalue weighted by atomic mass is 10.4. The van der Waals surface area contributed by atoms with Crippen LogP contribution in [0, 0.1) is 11.5 Å². The Morgan fingerprint density at radius 1 is 1.65 bits per heavy atom. The van der Waals surface area contributed by atoms with Crippen LogP contribution in [-0.4, -0.2) is 43.3 Å². The zero-order valence-electron chi connectivity index (χ0n) is 9.88. The molecular weight excluding hydrogens is 218 g/mol. The molecule has 1 aromatic rings. The molecule has 90 valence electrons. The van der Waals surface area contributed by atoms with Crippen molar-refractivity contribution in [1.82, 2.24) is 20.8 Å². The highest BCUT2D eigenvalue weighted by molar-refractivity contribution is 5.80. The third-order valence-corrected chi connectivity index (χ3v) is 2.09. The molecule has 0 fully saturated rings. The summed E-state index contributed by atoms with van der Waals surface area (Å²) in [7, 11) is 3.53. The van der Waals surface area contributed by atoms with Crippen LogP contribution >= 0.6 is 0 Å². The number of guanidine groups is 1. The maximum Gasteiger partial charge on any atom is 0.204 e. The molecule has 7 heteroatoms. The molecule has 0 aliphatic carbocycles. The highest BCUT2D eigenvalue weighted by atomic mass is 15.3. The van der Waals surface area contributed by atoms with E-state index in [0.29, 0.717) is 12.5 Å². The number of likely N-dealkylation sites (N-methyl/N-ethyl adjacent to an activating group) is 1. The molecule has 0 aliphatic heterocycles. The van der Waals surface area contributed by atoms with Crippen molar-refractivity contribution in [2.75, 3.05) is 32.1 Å². The molecular formula is C10H15N7. The normalized spacial score (nSPS) is 10.5. The summed E-state index contributed by atoms with van der Waals surface area (Å²) in [5, 5.41) is 21.7. The molecule has 0 saturated carbocycles. The second kappa shape index (κ2) is 7.00. The smallest absolute Gasteiger partial charge is 0.204 e. The molecule has 0 aromatic carbocycles. The van der Waals surface area contributed by atoms with Gasteiger partial charge in [0, 0.05) is 33.4 Å². The van der Waals surface area contributed by atoms with Crippen LogP contribution in [0.2, 0.25) is 0 Å². The molecule has 0 amide bonds. The number of aliphatic imine (C=N–C) groups is 1. The first-order chi connectivity index (χ1) is 8.27. The maximum absolute atomic E-state index is 8.44. The number of hydrogen-bond donors (Lipinski definition) is 2. The largest absolute Gasteiger partial charge is 0.356 e. The standard InChI is InChI=1S/C10H15N7/c1-12-10(14-8-11)13-6-7-17(2)9-4-3-5-15-16-9/h3-5H,6-7H2,1-2H3,(H2,12,13,14). The van der Waals surface area contributed by atoms with E-state index in [1.54, 1.807) is 13.2 Å². The van der Waals surface area contributed by atoms with Gasteiger partial charge in [0.1, 0.15) is 0 Å². The predicted molar refractivity (Wildman–Crippen MR) is 65.4 cm³/mol. The third kappa shape index (κ3) is 4.34. The third-order valence-electron chi connectivity index (χ3n) is 2.09. The van der Waals surface area contributed by atoms with Crippen molar-refractivity contribution in [3.05, 3.63) is 18.3 Å². The van der Waals surface area contributed by atoms with E-state index in [-0.39, 0.29) is 0 Å².